The monoisotopic (exact) mass is 382 g/mol. The normalized spacial score (nSPS) is 17.9. The fourth-order valence-electron chi connectivity index (χ4n) is 4.01. The van der Waals surface area contributed by atoms with Gasteiger partial charge in [0.1, 0.15) is 12.2 Å². The number of hydrogen-bond donors (Lipinski definition) is 2. The molecule has 0 unspecified atom stereocenters. The third kappa shape index (κ3) is 4.16. The van der Waals surface area contributed by atoms with Crippen molar-refractivity contribution in [3.8, 4) is 0 Å². The summed E-state index contributed by atoms with van der Waals surface area (Å²) in [6.45, 7) is 3.33. The van der Waals surface area contributed by atoms with Crippen LogP contribution < -0.4 is 5.32 Å². The molecule has 1 aromatic heterocycles. The van der Waals surface area contributed by atoms with Gasteiger partial charge in [0.05, 0.1) is 0 Å². The number of nitrogens with one attached hydrogen (secondary N) is 2. The molecule has 0 aliphatic carbocycles. The van der Waals surface area contributed by atoms with E-state index in [1.165, 1.54) is 6.33 Å². The summed E-state index contributed by atoms with van der Waals surface area (Å²) in [5.41, 5.74) is 2.16. The van der Waals surface area contributed by atoms with Crippen molar-refractivity contribution in [3.63, 3.8) is 0 Å². The summed E-state index contributed by atoms with van der Waals surface area (Å²) in [7, 11) is 0. The van der Waals surface area contributed by atoms with Crippen LogP contribution in [0.5, 0.6) is 0 Å². The molecule has 3 heterocycles. The molecule has 0 atom stereocenters. The van der Waals surface area contributed by atoms with Crippen LogP contribution in [0.1, 0.15) is 48.6 Å². The summed E-state index contributed by atoms with van der Waals surface area (Å²) in [4.78, 5) is 32.5. The minimum absolute atomic E-state index is 0.0388. The number of H-pyrrole nitrogens is 1. The van der Waals surface area contributed by atoms with E-state index < -0.39 is 0 Å². The second-order valence-corrected chi connectivity index (χ2v) is 7.48. The van der Waals surface area contributed by atoms with E-state index in [0.29, 0.717) is 38.5 Å². The van der Waals surface area contributed by atoms with Crippen molar-refractivity contribution in [3.05, 3.63) is 47.5 Å². The number of carbonyl (C=O) groups is 2. The molecule has 2 aromatic rings. The van der Waals surface area contributed by atoms with Crippen LogP contribution >= 0.6 is 0 Å². The Kier molecular flexibility index (Phi) is 5.55. The van der Waals surface area contributed by atoms with Crippen LogP contribution in [0, 0.1) is 0 Å². The Morgan fingerprint density at radius 3 is 2.64 bits per heavy atom. The molecule has 4 rings (SSSR count). The largest absolute Gasteiger partial charge is 0.338 e. The van der Waals surface area contributed by atoms with Crippen LogP contribution in [0.15, 0.2) is 30.6 Å². The van der Waals surface area contributed by atoms with Gasteiger partial charge < -0.3 is 15.1 Å². The Balaban J connectivity index is 1.30. The number of piperidine rings is 1. The van der Waals surface area contributed by atoms with Gasteiger partial charge in [-0.3, -0.25) is 9.89 Å². The van der Waals surface area contributed by atoms with Crippen molar-refractivity contribution in [2.75, 3.05) is 19.6 Å². The molecule has 2 N–H and O–H groups in total. The van der Waals surface area contributed by atoms with Gasteiger partial charge in [0.25, 0.3) is 0 Å². The lowest BCUT2D eigenvalue weighted by Gasteiger charge is -2.31. The molecule has 3 amide bonds. The van der Waals surface area contributed by atoms with E-state index in [1.807, 2.05) is 34.1 Å². The van der Waals surface area contributed by atoms with E-state index in [1.54, 1.807) is 0 Å². The standard InChI is InChI=1S/C20H26N6O2/c27-18-6-3-9-26(18)13-17-5-2-1-4-16(17)12-21-20(28)25-10-7-15(8-11-25)19-22-14-23-24-19/h1-2,4-5,14-15H,3,6-13H2,(H,21,28)(H,22,23,24). The average molecular weight is 382 g/mol. The molecule has 148 valence electrons. The van der Waals surface area contributed by atoms with Gasteiger partial charge in [-0.25, -0.2) is 9.78 Å². The zero-order valence-electron chi connectivity index (χ0n) is 15.9. The highest BCUT2D eigenvalue weighted by Gasteiger charge is 2.25. The maximum Gasteiger partial charge on any atom is 0.317 e. The van der Waals surface area contributed by atoms with Crippen molar-refractivity contribution in [2.45, 2.75) is 44.7 Å². The third-order valence-corrected chi connectivity index (χ3v) is 5.68. The molecule has 1 aromatic carbocycles. The molecule has 0 saturated carbocycles. The summed E-state index contributed by atoms with van der Waals surface area (Å²) < 4.78 is 0. The first-order valence-corrected chi connectivity index (χ1v) is 9.93. The number of amides is 3. The van der Waals surface area contributed by atoms with Crippen LogP contribution in [0.4, 0.5) is 4.79 Å². The Bertz CT molecular complexity index is 814. The zero-order chi connectivity index (χ0) is 19.3. The fourth-order valence-corrected chi connectivity index (χ4v) is 4.01. The van der Waals surface area contributed by atoms with Gasteiger partial charge in [-0.1, -0.05) is 24.3 Å². The molecule has 28 heavy (non-hydrogen) atoms. The van der Waals surface area contributed by atoms with E-state index in [2.05, 4.69) is 20.5 Å². The first-order valence-electron chi connectivity index (χ1n) is 9.93. The second kappa shape index (κ2) is 8.41. The van der Waals surface area contributed by atoms with Crippen molar-refractivity contribution in [2.24, 2.45) is 0 Å². The first-order chi connectivity index (χ1) is 13.7. The predicted molar refractivity (Wildman–Crippen MR) is 103 cm³/mol. The molecular formula is C20H26N6O2. The smallest absolute Gasteiger partial charge is 0.317 e. The Morgan fingerprint density at radius 1 is 1.18 bits per heavy atom. The Labute approximate surface area is 164 Å². The number of nitrogens with zero attached hydrogens (tertiary/aromatic N) is 4. The van der Waals surface area contributed by atoms with Crippen LogP contribution in [0.2, 0.25) is 0 Å². The highest BCUT2D eigenvalue weighted by Crippen LogP contribution is 2.25. The van der Waals surface area contributed by atoms with Crippen LogP contribution in [0.3, 0.4) is 0 Å². The average Bonchev–Trinajstić information content (AvgIpc) is 3.40. The van der Waals surface area contributed by atoms with E-state index in [9.17, 15) is 9.59 Å². The molecule has 0 spiro atoms. The second-order valence-electron chi connectivity index (χ2n) is 7.48. The van der Waals surface area contributed by atoms with Gasteiger partial charge in [-0.2, -0.15) is 5.10 Å². The number of aromatic amines is 1. The number of urea groups is 1. The lowest BCUT2D eigenvalue weighted by atomic mass is 9.96. The predicted octanol–water partition coefficient (Wildman–Crippen LogP) is 2.02. The first kappa shape index (κ1) is 18.5. The number of carbonyl (C=O) groups excluding carboxylic acids is 2. The van der Waals surface area contributed by atoms with Crippen LogP contribution in [-0.4, -0.2) is 56.6 Å². The Hall–Kier alpha value is -2.90. The van der Waals surface area contributed by atoms with E-state index in [0.717, 1.165) is 42.8 Å². The molecule has 2 saturated heterocycles. The number of rotatable bonds is 5. The minimum Gasteiger partial charge on any atom is -0.338 e. The summed E-state index contributed by atoms with van der Waals surface area (Å²) in [5.74, 6) is 1.46. The molecule has 2 aliphatic rings. The SMILES string of the molecule is O=C1CCCN1Cc1ccccc1CNC(=O)N1CCC(c2ncn[nH]2)CC1. The van der Waals surface area contributed by atoms with Gasteiger partial charge in [-0.15, -0.1) is 0 Å². The van der Waals surface area contributed by atoms with E-state index in [4.69, 9.17) is 0 Å². The molecule has 0 bridgehead atoms. The molecule has 8 heteroatoms. The van der Waals surface area contributed by atoms with Crippen molar-refractivity contribution in [1.29, 1.82) is 0 Å². The Morgan fingerprint density at radius 2 is 1.96 bits per heavy atom. The lowest BCUT2D eigenvalue weighted by Crippen LogP contribution is -2.44. The zero-order valence-corrected chi connectivity index (χ0v) is 15.9. The summed E-state index contributed by atoms with van der Waals surface area (Å²) in [5, 5.41) is 9.88. The number of likely N-dealkylation sites (tertiary alicyclic amines) is 2. The maximum absolute atomic E-state index is 12.6. The quantitative estimate of drug-likeness (QED) is 0.827. The number of aromatic nitrogens is 3. The van der Waals surface area contributed by atoms with Gasteiger partial charge in [-0.05, 0) is 30.4 Å². The highest BCUT2D eigenvalue weighted by atomic mass is 16.2. The number of hydrogen-bond acceptors (Lipinski definition) is 4. The van der Waals surface area contributed by atoms with Gasteiger partial charge in [0.15, 0.2) is 0 Å². The fraction of sp³-hybridized carbons (Fsp3) is 0.500. The topological polar surface area (TPSA) is 94.2 Å². The minimum atomic E-state index is -0.0388. The van der Waals surface area contributed by atoms with Crippen molar-refractivity contribution in [1.82, 2.24) is 30.3 Å². The van der Waals surface area contributed by atoms with E-state index in [-0.39, 0.29) is 11.9 Å². The van der Waals surface area contributed by atoms with Gasteiger partial charge >= 0.3 is 6.03 Å². The van der Waals surface area contributed by atoms with Crippen molar-refractivity contribution >= 4 is 11.9 Å². The summed E-state index contributed by atoms with van der Waals surface area (Å²) >= 11 is 0. The lowest BCUT2D eigenvalue weighted by molar-refractivity contribution is -0.128. The van der Waals surface area contributed by atoms with Gasteiger partial charge in [0.2, 0.25) is 5.91 Å². The summed E-state index contributed by atoms with van der Waals surface area (Å²) in [6.07, 6.45) is 4.87. The van der Waals surface area contributed by atoms with Gasteiger partial charge in [0, 0.05) is 45.1 Å². The summed E-state index contributed by atoms with van der Waals surface area (Å²) in [6, 6.07) is 7.97. The molecule has 2 aliphatic heterocycles. The third-order valence-electron chi connectivity index (χ3n) is 5.68. The van der Waals surface area contributed by atoms with Crippen molar-refractivity contribution < 1.29 is 9.59 Å². The molecule has 0 radical (unpaired) electrons. The number of benzene rings is 1. The maximum atomic E-state index is 12.6. The van der Waals surface area contributed by atoms with E-state index >= 15 is 0 Å². The highest BCUT2D eigenvalue weighted by molar-refractivity contribution is 5.78. The van der Waals surface area contributed by atoms with Crippen LogP contribution in [-0.2, 0) is 17.9 Å². The molecular weight excluding hydrogens is 356 g/mol. The van der Waals surface area contributed by atoms with Crippen LogP contribution in [0.25, 0.3) is 0 Å². The molecule has 8 nitrogen and oxygen atoms in total. The molecule has 2 fully saturated rings.